The highest BCUT2D eigenvalue weighted by molar-refractivity contribution is 5.92. The minimum atomic E-state index is -7.76. The number of rotatable bonds is 10. The first-order valence-corrected chi connectivity index (χ1v) is 7.01. The number of carbonyl (C=O) groups is 2. The van der Waals surface area contributed by atoms with Crippen molar-refractivity contribution in [2.45, 2.75) is 55.2 Å². The van der Waals surface area contributed by atoms with E-state index in [1.54, 1.807) is 0 Å². The molecule has 0 aromatic rings. The second kappa shape index (κ2) is 8.13. The Labute approximate surface area is 157 Å². The van der Waals surface area contributed by atoms with Gasteiger partial charge in [-0.05, 0) is 0 Å². The van der Waals surface area contributed by atoms with Crippen molar-refractivity contribution in [2.24, 2.45) is 0 Å². The number of ether oxygens (including phenoxy) is 1. The molecule has 0 aliphatic carbocycles. The van der Waals surface area contributed by atoms with Gasteiger partial charge in [-0.1, -0.05) is 6.58 Å². The van der Waals surface area contributed by atoms with Crippen LogP contribution < -0.4 is 0 Å². The van der Waals surface area contributed by atoms with Crippen LogP contribution in [-0.4, -0.2) is 53.0 Å². The highest BCUT2D eigenvalue weighted by Crippen LogP contribution is 2.58. The number of hydrogen-bond acceptors (Lipinski definition) is 3. The maximum atomic E-state index is 13.4. The van der Waals surface area contributed by atoms with Gasteiger partial charge in [-0.15, -0.1) is 0 Å². The van der Waals surface area contributed by atoms with E-state index in [9.17, 15) is 66.7 Å². The maximum Gasteiger partial charge on any atom is 0.473 e. The van der Waals surface area contributed by atoms with Gasteiger partial charge in [0.2, 0.25) is 0 Å². The molecule has 0 aliphatic heterocycles. The molecule has 0 amide bonds. The summed E-state index contributed by atoms with van der Waals surface area (Å²) in [5.41, 5.74) is -1.55. The first kappa shape index (κ1) is 27.8. The van der Waals surface area contributed by atoms with Gasteiger partial charge < -0.3 is 9.84 Å². The predicted molar refractivity (Wildman–Crippen MR) is 67.5 cm³/mol. The van der Waals surface area contributed by atoms with Crippen molar-refractivity contribution >= 4 is 11.9 Å². The summed E-state index contributed by atoms with van der Waals surface area (Å²) in [6.45, 7) is 2.46. The quantitative estimate of drug-likeness (QED) is 0.273. The van der Waals surface area contributed by atoms with Gasteiger partial charge in [-0.3, -0.25) is 4.79 Å². The topological polar surface area (TPSA) is 63.6 Å². The van der Waals surface area contributed by atoms with Crippen LogP contribution in [-0.2, 0) is 14.3 Å². The van der Waals surface area contributed by atoms with E-state index in [0.29, 0.717) is 0 Å². The predicted octanol–water partition coefficient (Wildman–Crippen LogP) is 5.04. The largest absolute Gasteiger partial charge is 0.481 e. The smallest absolute Gasteiger partial charge is 0.473 e. The summed E-state index contributed by atoms with van der Waals surface area (Å²) in [6, 6.07) is 0. The highest BCUT2D eigenvalue weighted by atomic mass is 19.4. The van der Waals surface area contributed by atoms with Gasteiger partial charge in [-0.2, -0.15) is 57.1 Å². The number of carbonyl (C=O) groups excluding carboxylic acids is 1. The molecule has 17 heteroatoms. The molecule has 0 aliphatic rings. The Kier molecular flexibility index (Phi) is 7.52. The SMILES string of the molecule is C=C(CC(=O)O)C(=O)OC(F)(F)C(F)(F)C(F)(F)C(F)(F)C(F)(F)CCC(F)(F)F. The number of aliphatic carboxylic acids is 1. The lowest BCUT2D eigenvalue weighted by Gasteiger charge is -2.38. The first-order valence-electron chi connectivity index (χ1n) is 7.01. The third-order valence-corrected chi connectivity index (χ3v) is 3.21. The van der Waals surface area contributed by atoms with Crippen LogP contribution >= 0.6 is 0 Å². The molecule has 30 heavy (non-hydrogen) atoms. The molecule has 0 rings (SSSR count). The Morgan fingerprint density at radius 3 is 1.53 bits per heavy atom. The Morgan fingerprint density at radius 2 is 1.17 bits per heavy atom. The zero-order chi connectivity index (χ0) is 24.6. The summed E-state index contributed by atoms with van der Waals surface area (Å²) in [5.74, 6) is -34.2. The molecule has 0 bridgehead atoms. The lowest BCUT2D eigenvalue weighted by atomic mass is 9.95. The van der Waals surface area contributed by atoms with Crippen LogP contribution in [0.15, 0.2) is 12.2 Å². The summed E-state index contributed by atoms with van der Waals surface area (Å²) in [5, 5.41) is 8.24. The number of alkyl halides is 13. The molecule has 4 nitrogen and oxygen atoms in total. The van der Waals surface area contributed by atoms with E-state index in [1.165, 1.54) is 0 Å². The molecule has 0 aromatic heterocycles. The van der Waals surface area contributed by atoms with E-state index in [-0.39, 0.29) is 0 Å². The molecule has 0 heterocycles. The molecule has 0 radical (unpaired) electrons. The number of carboxylic acids is 1. The van der Waals surface area contributed by atoms with Gasteiger partial charge >= 0.3 is 47.9 Å². The van der Waals surface area contributed by atoms with Gasteiger partial charge in [-0.25, -0.2) is 4.79 Å². The molecule has 0 aromatic carbocycles. The number of halogens is 13. The fourth-order valence-corrected chi connectivity index (χ4v) is 1.57. The van der Waals surface area contributed by atoms with E-state index >= 15 is 0 Å². The van der Waals surface area contributed by atoms with E-state index in [1.807, 2.05) is 0 Å². The Morgan fingerprint density at radius 1 is 0.733 bits per heavy atom. The third kappa shape index (κ3) is 5.47. The van der Waals surface area contributed by atoms with Crippen molar-refractivity contribution in [3.05, 3.63) is 12.2 Å². The van der Waals surface area contributed by atoms with Gasteiger partial charge in [0.15, 0.2) is 0 Å². The average molecular weight is 476 g/mol. The molecule has 176 valence electrons. The second-order valence-corrected chi connectivity index (χ2v) is 5.62. The van der Waals surface area contributed by atoms with Crippen molar-refractivity contribution < 1.29 is 76.5 Å². The van der Waals surface area contributed by atoms with Crippen LogP contribution in [0.4, 0.5) is 57.1 Å². The van der Waals surface area contributed by atoms with Crippen molar-refractivity contribution in [3.8, 4) is 0 Å². The molecule has 0 fully saturated rings. The summed E-state index contributed by atoms with van der Waals surface area (Å²) in [7, 11) is 0. The third-order valence-electron chi connectivity index (χ3n) is 3.21. The standard InChI is InChI=1S/C13H9F13O4/c1-5(4-6(27)28)7(29)30-13(25,26)12(23,24)11(21,22)10(19,20)8(14,15)2-3-9(16,17)18/h1-4H2,(H,27,28). The Balaban J connectivity index is 5.93. The van der Waals surface area contributed by atoms with Crippen LogP contribution in [0.5, 0.6) is 0 Å². The summed E-state index contributed by atoms with van der Waals surface area (Å²) >= 11 is 0. The number of hydrogen-bond donors (Lipinski definition) is 1. The fraction of sp³-hybridized carbons (Fsp3) is 0.692. The number of carboxylic acid groups (broad SMARTS) is 1. The number of esters is 1. The van der Waals surface area contributed by atoms with Crippen molar-refractivity contribution in [3.63, 3.8) is 0 Å². The molecular weight excluding hydrogens is 467 g/mol. The molecular formula is C13H9F13O4. The van der Waals surface area contributed by atoms with E-state index in [0.717, 1.165) is 0 Å². The normalized spacial score (nSPS) is 14.4. The van der Waals surface area contributed by atoms with Gasteiger partial charge in [0.05, 0.1) is 6.42 Å². The van der Waals surface area contributed by atoms with E-state index < -0.39 is 72.7 Å². The van der Waals surface area contributed by atoms with Crippen molar-refractivity contribution in [2.75, 3.05) is 0 Å². The lowest BCUT2D eigenvalue weighted by Crippen LogP contribution is -2.68. The Hall–Kier alpha value is -2.23. The minimum Gasteiger partial charge on any atom is -0.481 e. The average Bonchev–Trinajstić information content (AvgIpc) is 2.50. The lowest BCUT2D eigenvalue weighted by molar-refractivity contribution is -0.437. The van der Waals surface area contributed by atoms with E-state index in [2.05, 4.69) is 11.3 Å². The summed E-state index contributed by atoms with van der Waals surface area (Å²) in [6.07, 6.45) is -20.2. The zero-order valence-electron chi connectivity index (χ0n) is 13.9. The zero-order valence-corrected chi connectivity index (χ0v) is 13.9. The van der Waals surface area contributed by atoms with Crippen LogP contribution in [0.25, 0.3) is 0 Å². The maximum absolute atomic E-state index is 13.4. The van der Waals surface area contributed by atoms with Crippen LogP contribution in [0, 0.1) is 0 Å². The van der Waals surface area contributed by atoms with Crippen molar-refractivity contribution in [1.29, 1.82) is 0 Å². The van der Waals surface area contributed by atoms with Crippen LogP contribution in [0.2, 0.25) is 0 Å². The monoisotopic (exact) mass is 476 g/mol. The Bertz CT molecular complexity index is 681. The summed E-state index contributed by atoms with van der Waals surface area (Å²) < 4.78 is 171. The molecule has 0 unspecified atom stereocenters. The molecule has 1 N–H and O–H groups in total. The molecule has 0 saturated heterocycles. The second-order valence-electron chi connectivity index (χ2n) is 5.62. The fourth-order valence-electron chi connectivity index (χ4n) is 1.57. The highest BCUT2D eigenvalue weighted by Gasteiger charge is 2.87. The van der Waals surface area contributed by atoms with Gasteiger partial charge in [0.1, 0.15) is 0 Å². The van der Waals surface area contributed by atoms with Gasteiger partial charge in [0.25, 0.3) is 0 Å². The molecule has 0 spiro atoms. The first-order chi connectivity index (χ1) is 12.9. The van der Waals surface area contributed by atoms with Crippen LogP contribution in [0.3, 0.4) is 0 Å². The molecule has 0 saturated carbocycles. The minimum absolute atomic E-state index is 1.55. The molecule has 0 atom stereocenters. The van der Waals surface area contributed by atoms with Crippen LogP contribution in [0.1, 0.15) is 19.3 Å². The summed E-state index contributed by atoms with van der Waals surface area (Å²) in [4.78, 5) is 21.2. The van der Waals surface area contributed by atoms with Gasteiger partial charge in [0, 0.05) is 18.4 Å². The van der Waals surface area contributed by atoms with Crippen molar-refractivity contribution in [1.82, 2.24) is 0 Å². The van der Waals surface area contributed by atoms with E-state index in [4.69, 9.17) is 5.11 Å².